The van der Waals surface area contributed by atoms with Gasteiger partial charge in [-0.2, -0.15) is 0 Å². The molecule has 8 nitrogen and oxygen atoms in total. The van der Waals surface area contributed by atoms with E-state index in [1.54, 1.807) is 0 Å². The Bertz CT molecular complexity index is 1010. The summed E-state index contributed by atoms with van der Waals surface area (Å²) in [6, 6.07) is 9.95. The highest BCUT2D eigenvalue weighted by atomic mass is 16.3. The highest BCUT2D eigenvalue weighted by Crippen LogP contribution is 2.28. The molecule has 4 heterocycles. The highest BCUT2D eigenvalue weighted by Gasteiger charge is 2.22. The fraction of sp³-hybridized carbons (Fsp3) is 0.294. The first-order valence-electron chi connectivity index (χ1n) is 8.30. The standard InChI is InChI=1S/C17H17N7O/c1-22-16(15-9-12-5-2-3-6-14(12)25-15)19-20-17(22)23-7-4-8-24-13(11-23)10-18-21-24/h2-3,5-6,9-10H,4,7-8,11H2,1H3. The van der Waals surface area contributed by atoms with Crippen molar-refractivity contribution in [1.29, 1.82) is 0 Å². The number of hydrogen-bond donors (Lipinski definition) is 0. The zero-order valence-corrected chi connectivity index (χ0v) is 13.8. The monoisotopic (exact) mass is 335 g/mol. The summed E-state index contributed by atoms with van der Waals surface area (Å²) in [6.45, 7) is 2.49. The molecule has 1 aromatic carbocycles. The SMILES string of the molecule is Cn1c(-c2cc3ccccc3o2)nnc1N1CCCn2nncc2C1. The maximum absolute atomic E-state index is 5.94. The number of furan rings is 1. The number of benzene rings is 1. The van der Waals surface area contributed by atoms with E-state index in [9.17, 15) is 0 Å². The first-order chi connectivity index (χ1) is 12.3. The lowest BCUT2D eigenvalue weighted by atomic mass is 10.2. The van der Waals surface area contributed by atoms with Gasteiger partial charge in [0.05, 0.1) is 18.4 Å². The molecule has 1 aliphatic heterocycles. The molecule has 5 rings (SSSR count). The van der Waals surface area contributed by atoms with Crippen LogP contribution in [0.4, 0.5) is 5.95 Å². The molecule has 1 aliphatic rings. The summed E-state index contributed by atoms with van der Waals surface area (Å²) in [5, 5.41) is 18.0. The van der Waals surface area contributed by atoms with E-state index in [-0.39, 0.29) is 0 Å². The third kappa shape index (κ3) is 2.29. The summed E-state index contributed by atoms with van der Waals surface area (Å²) in [6.07, 6.45) is 2.80. The lowest BCUT2D eigenvalue weighted by molar-refractivity contribution is 0.569. The second-order valence-electron chi connectivity index (χ2n) is 6.25. The number of fused-ring (bicyclic) bond motifs is 2. The number of hydrogen-bond acceptors (Lipinski definition) is 6. The lowest BCUT2D eigenvalue weighted by Crippen LogP contribution is -2.25. The van der Waals surface area contributed by atoms with E-state index < -0.39 is 0 Å². The molecule has 0 fully saturated rings. The van der Waals surface area contributed by atoms with Gasteiger partial charge in [-0.1, -0.05) is 23.4 Å². The molecule has 3 aromatic heterocycles. The molecule has 8 heteroatoms. The second kappa shape index (κ2) is 5.44. The van der Waals surface area contributed by atoms with E-state index in [0.717, 1.165) is 60.3 Å². The highest BCUT2D eigenvalue weighted by molar-refractivity contribution is 5.81. The Labute approximate surface area is 143 Å². The smallest absolute Gasteiger partial charge is 0.227 e. The lowest BCUT2D eigenvalue weighted by Gasteiger charge is -2.20. The number of rotatable bonds is 2. The van der Waals surface area contributed by atoms with E-state index in [1.165, 1.54) is 0 Å². The van der Waals surface area contributed by atoms with Crippen LogP contribution in [0, 0.1) is 0 Å². The predicted octanol–water partition coefficient (Wildman–Crippen LogP) is 2.23. The fourth-order valence-electron chi connectivity index (χ4n) is 3.35. The molecule has 0 N–H and O–H groups in total. The summed E-state index contributed by atoms with van der Waals surface area (Å²) < 4.78 is 9.88. The Hall–Kier alpha value is -3.16. The van der Waals surface area contributed by atoms with E-state index >= 15 is 0 Å². The van der Waals surface area contributed by atoms with Crippen molar-refractivity contribution in [2.45, 2.75) is 19.5 Å². The van der Waals surface area contributed by atoms with Gasteiger partial charge in [0.15, 0.2) is 5.76 Å². The summed E-state index contributed by atoms with van der Waals surface area (Å²) in [5.74, 6) is 2.27. The molecule has 0 unspecified atom stereocenters. The van der Waals surface area contributed by atoms with Crippen LogP contribution in [0.3, 0.4) is 0 Å². The summed E-state index contributed by atoms with van der Waals surface area (Å²) >= 11 is 0. The minimum absolute atomic E-state index is 0.721. The van der Waals surface area contributed by atoms with Gasteiger partial charge < -0.3 is 9.32 Å². The molecule has 126 valence electrons. The van der Waals surface area contributed by atoms with E-state index in [2.05, 4.69) is 25.4 Å². The zero-order chi connectivity index (χ0) is 16.8. The Balaban J connectivity index is 1.52. The van der Waals surface area contributed by atoms with Crippen molar-refractivity contribution in [3.8, 4) is 11.6 Å². The molecule has 0 spiro atoms. The maximum atomic E-state index is 5.94. The van der Waals surface area contributed by atoms with Crippen molar-refractivity contribution in [3.05, 3.63) is 42.2 Å². The molecule has 4 aromatic rings. The molecule has 0 bridgehead atoms. The molecule has 0 saturated carbocycles. The average Bonchev–Trinajstić information content (AvgIpc) is 3.30. The largest absolute Gasteiger partial charge is 0.453 e. The van der Waals surface area contributed by atoms with Crippen LogP contribution in [-0.4, -0.2) is 36.3 Å². The van der Waals surface area contributed by atoms with Gasteiger partial charge in [-0.3, -0.25) is 4.57 Å². The minimum atomic E-state index is 0.721. The normalized spacial score (nSPS) is 14.7. The van der Waals surface area contributed by atoms with E-state index in [0.29, 0.717) is 0 Å². The first-order valence-corrected chi connectivity index (χ1v) is 8.30. The van der Waals surface area contributed by atoms with Gasteiger partial charge in [0.2, 0.25) is 11.8 Å². The van der Waals surface area contributed by atoms with Crippen molar-refractivity contribution in [2.75, 3.05) is 11.4 Å². The number of anilines is 1. The van der Waals surface area contributed by atoms with Crippen molar-refractivity contribution in [3.63, 3.8) is 0 Å². The second-order valence-corrected chi connectivity index (χ2v) is 6.25. The topological polar surface area (TPSA) is 77.8 Å². The summed E-state index contributed by atoms with van der Waals surface area (Å²) in [5.41, 5.74) is 1.94. The molecule has 0 aliphatic carbocycles. The van der Waals surface area contributed by atoms with Crippen molar-refractivity contribution < 1.29 is 4.42 Å². The van der Waals surface area contributed by atoms with Crippen LogP contribution < -0.4 is 4.90 Å². The maximum Gasteiger partial charge on any atom is 0.227 e. The van der Waals surface area contributed by atoms with Gasteiger partial charge >= 0.3 is 0 Å². The van der Waals surface area contributed by atoms with Crippen molar-refractivity contribution in [2.24, 2.45) is 7.05 Å². The van der Waals surface area contributed by atoms with Crippen LogP contribution in [-0.2, 0) is 20.1 Å². The van der Waals surface area contributed by atoms with Gasteiger partial charge in [-0.05, 0) is 18.6 Å². The molecule has 0 radical (unpaired) electrons. The molecule has 0 amide bonds. The third-order valence-corrected chi connectivity index (χ3v) is 4.63. The first kappa shape index (κ1) is 14.2. The minimum Gasteiger partial charge on any atom is -0.453 e. The predicted molar refractivity (Wildman–Crippen MR) is 91.9 cm³/mol. The molecule has 25 heavy (non-hydrogen) atoms. The third-order valence-electron chi connectivity index (χ3n) is 4.63. The number of nitrogens with zero attached hydrogens (tertiary/aromatic N) is 7. The summed E-state index contributed by atoms with van der Waals surface area (Å²) in [7, 11) is 1.97. The van der Waals surface area contributed by atoms with Gasteiger partial charge in [0.25, 0.3) is 0 Å². The Morgan fingerprint density at radius 3 is 2.96 bits per heavy atom. The van der Waals surface area contributed by atoms with Crippen LogP contribution in [0.1, 0.15) is 12.1 Å². The van der Waals surface area contributed by atoms with Crippen LogP contribution >= 0.6 is 0 Å². The van der Waals surface area contributed by atoms with Gasteiger partial charge in [0.1, 0.15) is 5.58 Å². The van der Waals surface area contributed by atoms with Crippen LogP contribution in [0.15, 0.2) is 40.9 Å². The fourth-order valence-corrected chi connectivity index (χ4v) is 3.35. The van der Waals surface area contributed by atoms with Gasteiger partial charge in [0, 0.05) is 25.5 Å². The molecular weight excluding hydrogens is 318 g/mol. The Morgan fingerprint density at radius 1 is 1.12 bits per heavy atom. The number of aryl methyl sites for hydroxylation is 1. The average molecular weight is 335 g/mol. The van der Waals surface area contributed by atoms with Crippen molar-refractivity contribution in [1.82, 2.24) is 29.8 Å². The zero-order valence-electron chi connectivity index (χ0n) is 13.8. The number of aromatic nitrogens is 6. The van der Waals surface area contributed by atoms with E-state index in [4.69, 9.17) is 4.42 Å². The summed E-state index contributed by atoms with van der Waals surface area (Å²) in [4.78, 5) is 2.21. The number of para-hydroxylation sites is 1. The molecule has 0 atom stereocenters. The van der Waals surface area contributed by atoms with Gasteiger partial charge in [-0.25, -0.2) is 4.68 Å². The Kier molecular flexibility index (Phi) is 3.09. The molecule has 0 saturated heterocycles. The molecular formula is C17H17N7O. The quantitative estimate of drug-likeness (QED) is 0.559. The van der Waals surface area contributed by atoms with Crippen LogP contribution in [0.5, 0.6) is 0 Å². The Morgan fingerprint density at radius 2 is 2.04 bits per heavy atom. The van der Waals surface area contributed by atoms with E-state index in [1.807, 2.05) is 52.8 Å². The van der Waals surface area contributed by atoms with Gasteiger partial charge in [-0.15, -0.1) is 15.3 Å². The van der Waals surface area contributed by atoms with Crippen LogP contribution in [0.25, 0.3) is 22.6 Å². The van der Waals surface area contributed by atoms with Crippen LogP contribution in [0.2, 0.25) is 0 Å². The van der Waals surface area contributed by atoms with Crippen molar-refractivity contribution >= 4 is 16.9 Å².